The van der Waals surface area contributed by atoms with E-state index in [0.29, 0.717) is 22.9 Å². The molecular weight excluding hydrogens is 294 g/mol. The number of rotatable bonds is 2. The van der Waals surface area contributed by atoms with E-state index in [9.17, 15) is 0 Å². The van der Waals surface area contributed by atoms with Gasteiger partial charge < -0.3 is 10.3 Å². The molecule has 0 amide bonds. The van der Waals surface area contributed by atoms with Crippen LogP contribution in [0.15, 0.2) is 27.2 Å². The van der Waals surface area contributed by atoms with Gasteiger partial charge in [0.15, 0.2) is 5.82 Å². The molecule has 0 bridgehead atoms. The van der Waals surface area contributed by atoms with Gasteiger partial charge in [-0.05, 0) is 46.0 Å². The fourth-order valence-electron chi connectivity index (χ4n) is 2.10. The van der Waals surface area contributed by atoms with Crippen LogP contribution in [-0.4, -0.2) is 10.1 Å². The standard InChI is InChI=1S/C13H14BrN3O/c1-13(2)6-9(13)11-16-12(18-17-11)8-5-7(15)3-4-10(8)14/h3-5,9H,6,15H2,1-2H3. The van der Waals surface area contributed by atoms with Gasteiger partial charge in [-0.2, -0.15) is 4.98 Å². The lowest BCUT2D eigenvalue weighted by Crippen LogP contribution is -1.92. The van der Waals surface area contributed by atoms with E-state index >= 15 is 0 Å². The Kier molecular flexibility index (Phi) is 2.48. The van der Waals surface area contributed by atoms with Crippen molar-refractivity contribution in [2.45, 2.75) is 26.2 Å². The molecule has 0 spiro atoms. The lowest BCUT2D eigenvalue weighted by Gasteiger charge is -2.00. The van der Waals surface area contributed by atoms with Crippen molar-refractivity contribution in [2.24, 2.45) is 5.41 Å². The van der Waals surface area contributed by atoms with Crippen LogP contribution in [0.4, 0.5) is 5.69 Å². The summed E-state index contributed by atoms with van der Waals surface area (Å²) in [6.45, 7) is 4.42. The summed E-state index contributed by atoms with van der Waals surface area (Å²) in [7, 11) is 0. The van der Waals surface area contributed by atoms with E-state index in [1.165, 1.54) is 0 Å². The van der Waals surface area contributed by atoms with Crippen LogP contribution in [0.2, 0.25) is 0 Å². The molecule has 3 rings (SSSR count). The first kappa shape index (κ1) is 11.7. The van der Waals surface area contributed by atoms with Crippen LogP contribution in [0.3, 0.4) is 0 Å². The van der Waals surface area contributed by atoms with E-state index in [-0.39, 0.29) is 0 Å². The van der Waals surface area contributed by atoms with Crippen molar-refractivity contribution in [1.82, 2.24) is 10.1 Å². The van der Waals surface area contributed by atoms with Gasteiger partial charge in [-0.3, -0.25) is 0 Å². The van der Waals surface area contributed by atoms with Gasteiger partial charge in [-0.1, -0.05) is 19.0 Å². The number of benzene rings is 1. The minimum atomic E-state index is 0.300. The molecule has 18 heavy (non-hydrogen) atoms. The van der Waals surface area contributed by atoms with Crippen LogP contribution in [0.25, 0.3) is 11.5 Å². The molecule has 1 unspecified atom stereocenters. The van der Waals surface area contributed by atoms with Crippen molar-refractivity contribution in [2.75, 3.05) is 5.73 Å². The third-order valence-electron chi connectivity index (χ3n) is 3.49. The summed E-state index contributed by atoms with van der Waals surface area (Å²) in [5, 5.41) is 4.07. The Bertz CT molecular complexity index is 606. The highest BCUT2D eigenvalue weighted by molar-refractivity contribution is 9.10. The van der Waals surface area contributed by atoms with Crippen LogP contribution in [-0.2, 0) is 0 Å². The maximum absolute atomic E-state index is 5.78. The average molecular weight is 308 g/mol. The fraction of sp³-hybridized carbons (Fsp3) is 0.385. The molecule has 0 saturated heterocycles. The monoisotopic (exact) mass is 307 g/mol. The third-order valence-corrected chi connectivity index (χ3v) is 4.18. The molecule has 1 saturated carbocycles. The fourth-order valence-corrected chi connectivity index (χ4v) is 2.52. The Morgan fingerprint density at radius 3 is 2.83 bits per heavy atom. The topological polar surface area (TPSA) is 64.9 Å². The van der Waals surface area contributed by atoms with Crippen molar-refractivity contribution in [3.63, 3.8) is 0 Å². The summed E-state index contributed by atoms with van der Waals surface area (Å²) in [6.07, 6.45) is 1.12. The molecule has 5 heteroatoms. The number of hydrogen-bond donors (Lipinski definition) is 1. The molecule has 2 aromatic rings. The van der Waals surface area contributed by atoms with Crippen LogP contribution in [0.5, 0.6) is 0 Å². The predicted molar refractivity (Wildman–Crippen MR) is 73.0 cm³/mol. The van der Waals surface area contributed by atoms with Gasteiger partial charge in [0.1, 0.15) is 0 Å². The van der Waals surface area contributed by atoms with Gasteiger partial charge in [0.05, 0.1) is 5.56 Å². The van der Waals surface area contributed by atoms with Gasteiger partial charge in [-0.25, -0.2) is 0 Å². The van der Waals surface area contributed by atoms with Gasteiger partial charge in [0.2, 0.25) is 0 Å². The maximum Gasteiger partial charge on any atom is 0.259 e. The second-order valence-electron chi connectivity index (χ2n) is 5.44. The summed E-state index contributed by atoms with van der Waals surface area (Å²) in [5.74, 6) is 1.73. The molecule has 0 radical (unpaired) electrons. The molecular formula is C13H14BrN3O. The Morgan fingerprint density at radius 2 is 2.17 bits per heavy atom. The summed E-state index contributed by atoms with van der Waals surface area (Å²) in [6, 6.07) is 5.55. The molecule has 2 N–H and O–H groups in total. The Morgan fingerprint density at radius 1 is 1.44 bits per heavy atom. The predicted octanol–water partition coefficient (Wildman–Crippen LogP) is 3.59. The summed E-state index contributed by atoms with van der Waals surface area (Å²) >= 11 is 3.47. The van der Waals surface area contributed by atoms with Gasteiger partial charge in [0, 0.05) is 16.1 Å². The second kappa shape index (κ2) is 3.82. The van der Waals surface area contributed by atoms with E-state index in [2.05, 4.69) is 39.9 Å². The minimum absolute atomic E-state index is 0.300. The normalized spacial score (nSPS) is 20.9. The molecule has 1 heterocycles. The van der Waals surface area contributed by atoms with Gasteiger partial charge in [-0.15, -0.1) is 0 Å². The minimum Gasteiger partial charge on any atom is -0.399 e. The average Bonchev–Trinajstić information content (AvgIpc) is 2.77. The third kappa shape index (κ3) is 1.92. The first-order valence-electron chi connectivity index (χ1n) is 5.86. The quantitative estimate of drug-likeness (QED) is 0.861. The Labute approximate surface area is 114 Å². The van der Waals surface area contributed by atoms with Crippen LogP contribution < -0.4 is 5.73 Å². The zero-order valence-corrected chi connectivity index (χ0v) is 11.9. The van der Waals surface area contributed by atoms with Gasteiger partial charge >= 0.3 is 0 Å². The highest BCUT2D eigenvalue weighted by Crippen LogP contribution is 2.57. The van der Waals surface area contributed by atoms with E-state index < -0.39 is 0 Å². The SMILES string of the molecule is CC1(C)CC1c1noc(-c2cc(N)ccc2Br)n1. The largest absolute Gasteiger partial charge is 0.399 e. The number of halogens is 1. The molecule has 1 atom stereocenters. The van der Waals surface area contributed by atoms with Crippen LogP contribution >= 0.6 is 15.9 Å². The van der Waals surface area contributed by atoms with E-state index in [1.54, 1.807) is 0 Å². The maximum atomic E-state index is 5.78. The number of nitrogens with zero attached hydrogens (tertiary/aromatic N) is 2. The molecule has 4 nitrogen and oxygen atoms in total. The zero-order valence-electron chi connectivity index (χ0n) is 10.3. The smallest absolute Gasteiger partial charge is 0.259 e. The molecule has 1 aliphatic carbocycles. The van der Waals surface area contributed by atoms with Crippen molar-refractivity contribution in [1.29, 1.82) is 0 Å². The van der Waals surface area contributed by atoms with Crippen LogP contribution in [0.1, 0.15) is 32.0 Å². The number of aromatic nitrogens is 2. The van der Waals surface area contributed by atoms with E-state index in [4.69, 9.17) is 10.3 Å². The second-order valence-corrected chi connectivity index (χ2v) is 6.30. The van der Waals surface area contributed by atoms with Crippen molar-refractivity contribution < 1.29 is 4.52 Å². The summed E-state index contributed by atoms with van der Waals surface area (Å²) in [5.41, 5.74) is 7.60. The van der Waals surface area contributed by atoms with E-state index in [0.717, 1.165) is 22.3 Å². The molecule has 0 aliphatic heterocycles. The molecule has 1 aliphatic rings. The number of hydrogen-bond acceptors (Lipinski definition) is 4. The first-order chi connectivity index (χ1) is 8.47. The number of anilines is 1. The van der Waals surface area contributed by atoms with Crippen molar-refractivity contribution in [3.8, 4) is 11.5 Å². The first-order valence-corrected chi connectivity index (χ1v) is 6.66. The lowest BCUT2D eigenvalue weighted by molar-refractivity contribution is 0.419. The molecule has 1 aromatic carbocycles. The Hall–Kier alpha value is -1.36. The van der Waals surface area contributed by atoms with Gasteiger partial charge in [0.25, 0.3) is 5.89 Å². The summed E-state index contributed by atoms with van der Waals surface area (Å²) < 4.78 is 6.24. The summed E-state index contributed by atoms with van der Waals surface area (Å²) in [4.78, 5) is 4.48. The molecule has 94 valence electrons. The van der Waals surface area contributed by atoms with Crippen molar-refractivity contribution >= 4 is 21.6 Å². The van der Waals surface area contributed by atoms with E-state index in [1.807, 2.05) is 18.2 Å². The number of nitrogens with two attached hydrogens (primary N) is 1. The van der Waals surface area contributed by atoms with Crippen molar-refractivity contribution in [3.05, 3.63) is 28.5 Å². The lowest BCUT2D eigenvalue weighted by atomic mass is 10.1. The highest BCUT2D eigenvalue weighted by Gasteiger charge is 2.49. The zero-order chi connectivity index (χ0) is 12.9. The molecule has 1 aromatic heterocycles. The molecule has 1 fully saturated rings. The Balaban J connectivity index is 1.96. The van der Waals surface area contributed by atoms with Crippen LogP contribution in [0, 0.1) is 5.41 Å². The number of nitrogen functional groups attached to an aromatic ring is 1. The highest BCUT2D eigenvalue weighted by atomic mass is 79.9.